The molecule has 0 fully saturated rings. The fourth-order valence-corrected chi connectivity index (χ4v) is 1.56. The lowest BCUT2D eigenvalue weighted by Crippen LogP contribution is -2.00. The lowest BCUT2D eigenvalue weighted by atomic mass is 10.2. The molecule has 0 bridgehead atoms. The number of carboxylic acids is 1. The van der Waals surface area contributed by atoms with E-state index in [0.29, 0.717) is 17.1 Å². The summed E-state index contributed by atoms with van der Waals surface area (Å²) in [6.07, 6.45) is 0. The summed E-state index contributed by atoms with van der Waals surface area (Å²) in [4.78, 5) is 10.7. The Morgan fingerprint density at radius 2 is 1.48 bits per heavy atom. The number of hydrogen-bond donors (Lipinski definition) is 2. The van der Waals surface area contributed by atoms with Crippen LogP contribution in [-0.2, 0) is 0 Å². The monoisotopic (exact) mass is 286 g/mol. The number of carboxylic acid groups (broad SMARTS) is 1. The molecule has 0 unspecified atom stereocenters. The van der Waals surface area contributed by atoms with Crippen LogP contribution in [0.1, 0.15) is 10.4 Å². The van der Waals surface area contributed by atoms with E-state index < -0.39 is 5.97 Å². The fourth-order valence-electron chi connectivity index (χ4n) is 1.56. The summed E-state index contributed by atoms with van der Waals surface area (Å²) in [7, 11) is 0. The lowest BCUT2D eigenvalue weighted by Gasteiger charge is -2.03. The van der Waals surface area contributed by atoms with Gasteiger partial charge in [0.25, 0.3) is 0 Å². The van der Waals surface area contributed by atoms with Crippen molar-refractivity contribution in [3.63, 3.8) is 0 Å². The summed E-state index contributed by atoms with van der Waals surface area (Å²) in [5.41, 5.74) is 1.42. The molecule has 6 nitrogen and oxygen atoms in total. The van der Waals surface area contributed by atoms with Crippen LogP contribution in [0.3, 0.4) is 0 Å². The summed E-state index contributed by atoms with van der Waals surface area (Å²) < 4.78 is 5.23. The van der Waals surface area contributed by atoms with Crippen molar-refractivity contribution in [3.05, 3.63) is 54.1 Å². The topological polar surface area (TPSA) is 91.5 Å². The SMILES string of the molecule is O=C(O)c1ccc(N=Nc2ccc(OCCO)cc2)cc1. The molecule has 0 amide bonds. The maximum Gasteiger partial charge on any atom is 0.335 e. The van der Waals surface area contributed by atoms with E-state index in [4.69, 9.17) is 14.9 Å². The number of aliphatic hydroxyl groups excluding tert-OH is 1. The number of carbonyl (C=O) groups is 1. The van der Waals surface area contributed by atoms with Gasteiger partial charge in [0, 0.05) is 0 Å². The lowest BCUT2D eigenvalue weighted by molar-refractivity contribution is 0.0697. The first-order valence-corrected chi connectivity index (χ1v) is 6.28. The zero-order valence-corrected chi connectivity index (χ0v) is 11.1. The van der Waals surface area contributed by atoms with Crippen LogP contribution in [0.25, 0.3) is 0 Å². The zero-order valence-electron chi connectivity index (χ0n) is 11.1. The number of benzene rings is 2. The molecule has 2 N–H and O–H groups in total. The van der Waals surface area contributed by atoms with E-state index >= 15 is 0 Å². The molecule has 0 aliphatic rings. The molecule has 0 spiro atoms. The quantitative estimate of drug-likeness (QED) is 0.798. The van der Waals surface area contributed by atoms with Crippen molar-refractivity contribution >= 4 is 17.3 Å². The first-order valence-electron chi connectivity index (χ1n) is 6.28. The van der Waals surface area contributed by atoms with Gasteiger partial charge in [-0.05, 0) is 48.5 Å². The first-order chi connectivity index (χ1) is 10.2. The molecule has 0 radical (unpaired) electrons. The summed E-state index contributed by atoms with van der Waals surface area (Å²) in [5, 5.41) is 25.5. The molecule has 0 aliphatic heterocycles. The van der Waals surface area contributed by atoms with Gasteiger partial charge in [-0.3, -0.25) is 0 Å². The second kappa shape index (κ2) is 7.16. The van der Waals surface area contributed by atoms with Gasteiger partial charge in [-0.25, -0.2) is 4.79 Å². The number of ether oxygens (including phenoxy) is 1. The van der Waals surface area contributed by atoms with E-state index in [1.807, 2.05) is 0 Å². The number of hydrogen-bond acceptors (Lipinski definition) is 5. The predicted octanol–water partition coefficient (Wildman–Crippen LogP) is 3.17. The molecule has 2 rings (SSSR count). The van der Waals surface area contributed by atoms with E-state index in [2.05, 4.69) is 10.2 Å². The standard InChI is InChI=1S/C15H14N2O4/c18-9-10-21-14-7-5-13(6-8-14)17-16-12-3-1-11(2-4-12)15(19)20/h1-8,18H,9-10H2,(H,19,20). The summed E-state index contributed by atoms with van der Waals surface area (Å²) >= 11 is 0. The van der Waals surface area contributed by atoms with Gasteiger partial charge in [-0.1, -0.05) is 0 Å². The van der Waals surface area contributed by atoms with E-state index in [1.54, 1.807) is 36.4 Å². The van der Waals surface area contributed by atoms with Gasteiger partial charge in [-0.2, -0.15) is 10.2 Å². The van der Waals surface area contributed by atoms with Crippen LogP contribution in [-0.4, -0.2) is 29.4 Å². The van der Waals surface area contributed by atoms with Gasteiger partial charge in [0.1, 0.15) is 12.4 Å². The van der Waals surface area contributed by atoms with Crippen LogP contribution >= 0.6 is 0 Å². The molecular weight excluding hydrogens is 272 g/mol. The van der Waals surface area contributed by atoms with Crippen molar-refractivity contribution in [1.82, 2.24) is 0 Å². The highest BCUT2D eigenvalue weighted by atomic mass is 16.5. The van der Waals surface area contributed by atoms with Crippen molar-refractivity contribution in [1.29, 1.82) is 0 Å². The average molecular weight is 286 g/mol. The Morgan fingerprint density at radius 1 is 0.952 bits per heavy atom. The Balaban J connectivity index is 2.01. The molecule has 0 saturated heterocycles. The number of aliphatic hydroxyl groups is 1. The Morgan fingerprint density at radius 3 is 1.95 bits per heavy atom. The van der Waals surface area contributed by atoms with E-state index in [9.17, 15) is 4.79 Å². The fraction of sp³-hybridized carbons (Fsp3) is 0.133. The third-order valence-electron chi connectivity index (χ3n) is 2.59. The maximum absolute atomic E-state index is 10.7. The van der Waals surface area contributed by atoms with Crippen LogP contribution in [0.15, 0.2) is 58.8 Å². The second-order valence-corrected chi connectivity index (χ2v) is 4.12. The van der Waals surface area contributed by atoms with Crippen molar-refractivity contribution in [3.8, 4) is 5.75 Å². The number of aromatic carboxylic acids is 1. The summed E-state index contributed by atoms with van der Waals surface area (Å²) in [6.45, 7) is 0.213. The summed E-state index contributed by atoms with van der Waals surface area (Å²) in [5.74, 6) is -0.328. The third kappa shape index (κ3) is 4.39. The first kappa shape index (κ1) is 14.7. The molecule has 108 valence electrons. The number of azo groups is 1. The number of rotatable bonds is 6. The molecule has 0 aromatic heterocycles. The number of nitrogens with zero attached hydrogens (tertiary/aromatic N) is 2. The van der Waals surface area contributed by atoms with E-state index in [0.717, 1.165) is 0 Å². The molecular formula is C15H14N2O4. The van der Waals surface area contributed by atoms with E-state index in [-0.39, 0.29) is 18.8 Å². The second-order valence-electron chi connectivity index (χ2n) is 4.12. The van der Waals surface area contributed by atoms with Gasteiger partial charge in [0.05, 0.1) is 23.5 Å². The van der Waals surface area contributed by atoms with Crippen molar-refractivity contribution in [2.24, 2.45) is 10.2 Å². The van der Waals surface area contributed by atoms with Crippen molar-refractivity contribution in [2.45, 2.75) is 0 Å². The Hall–Kier alpha value is -2.73. The minimum atomic E-state index is -0.975. The highest BCUT2D eigenvalue weighted by molar-refractivity contribution is 5.87. The minimum absolute atomic E-state index is 0.0339. The third-order valence-corrected chi connectivity index (χ3v) is 2.59. The largest absolute Gasteiger partial charge is 0.491 e. The molecule has 0 heterocycles. The van der Waals surface area contributed by atoms with E-state index in [1.165, 1.54) is 12.1 Å². The normalized spacial score (nSPS) is 10.7. The highest BCUT2D eigenvalue weighted by Crippen LogP contribution is 2.21. The molecule has 0 atom stereocenters. The molecule has 6 heteroatoms. The summed E-state index contributed by atoms with van der Waals surface area (Å²) in [6, 6.07) is 13.1. The highest BCUT2D eigenvalue weighted by Gasteiger charge is 2.01. The Kier molecular flexibility index (Phi) is 5.00. The average Bonchev–Trinajstić information content (AvgIpc) is 2.52. The maximum atomic E-state index is 10.7. The van der Waals surface area contributed by atoms with Gasteiger partial charge < -0.3 is 14.9 Å². The predicted molar refractivity (Wildman–Crippen MR) is 76.6 cm³/mol. The van der Waals surface area contributed by atoms with Crippen LogP contribution in [0.4, 0.5) is 11.4 Å². The Bertz CT molecular complexity index is 621. The molecule has 21 heavy (non-hydrogen) atoms. The minimum Gasteiger partial charge on any atom is -0.491 e. The van der Waals surface area contributed by atoms with Crippen LogP contribution in [0.5, 0.6) is 5.75 Å². The molecule has 2 aromatic rings. The molecule has 2 aromatic carbocycles. The van der Waals surface area contributed by atoms with Crippen LogP contribution in [0, 0.1) is 0 Å². The van der Waals surface area contributed by atoms with Crippen LogP contribution < -0.4 is 4.74 Å². The van der Waals surface area contributed by atoms with Gasteiger partial charge in [0.15, 0.2) is 0 Å². The Labute approximate surface area is 121 Å². The molecule has 0 aliphatic carbocycles. The molecule has 0 saturated carbocycles. The van der Waals surface area contributed by atoms with Gasteiger partial charge in [0.2, 0.25) is 0 Å². The van der Waals surface area contributed by atoms with Crippen LogP contribution in [0.2, 0.25) is 0 Å². The van der Waals surface area contributed by atoms with Crippen molar-refractivity contribution < 1.29 is 19.7 Å². The smallest absolute Gasteiger partial charge is 0.335 e. The zero-order chi connectivity index (χ0) is 15.1. The van der Waals surface area contributed by atoms with Gasteiger partial charge >= 0.3 is 5.97 Å². The van der Waals surface area contributed by atoms with Gasteiger partial charge in [-0.15, -0.1) is 0 Å². The van der Waals surface area contributed by atoms with Crippen molar-refractivity contribution in [2.75, 3.05) is 13.2 Å².